The molecule has 2 aliphatic rings. The first-order chi connectivity index (χ1) is 8.29. The average molecular weight is 252 g/mol. The molecule has 2 fully saturated rings. The van der Waals surface area contributed by atoms with Gasteiger partial charge in [-0.05, 0) is 49.8 Å². The van der Waals surface area contributed by atoms with Crippen molar-refractivity contribution in [1.82, 2.24) is 5.32 Å². The van der Waals surface area contributed by atoms with Gasteiger partial charge in [-0.3, -0.25) is 0 Å². The van der Waals surface area contributed by atoms with Crippen molar-refractivity contribution in [3.8, 4) is 5.75 Å². The van der Waals surface area contributed by atoms with E-state index in [-0.39, 0.29) is 0 Å². The minimum atomic E-state index is 0.588. The van der Waals surface area contributed by atoms with Crippen LogP contribution in [0.4, 0.5) is 0 Å². The maximum atomic E-state index is 6.28. The van der Waals surface area contributed by atoms with Crippen LogP contribution in [0, 0.1) is 5.92 Å². The van der Waals surface area contributed by atoms with Gasteiger partial charge >= 0.3 is 0 Å². The summed E-state index contributed by atoms with van der Waals surface area (Å²) in [7, 11) is 1.72. The van der Waals surface area contributed by atoms with Crippen LogP contribution in [0.3, 0.4) is 0 Å². The first-order valence-electron chi connectivity index (χ1n) is 6.35. The molecular weight excluding hydrogens is 234 g/mol. The summed E-state index contributed by atoms with van der Waals surface area (Å²) < 4.78 is 5.41. The lowest BCUT2D eigenvalue weighted by Gasteiger charge is -2.10. The van der Waals surface area contributed by atoms with Crippen LogP contribution in [0.25, 0.3) is 0 Å². The van der Waals surface area contributed by atoms with E-state index in [1.165, 1.54) is 24.8 Å². The Hall–Kier alpha value is -0.730. The molecule has 2 nitrogen and oxygen atoms in total. The molecule has 3 heteroatoms. The maximum Gasteiger partial charge on any atom is 0.123 e. The van der Waals surface area contributed by atoms with Gasteiger partial charge in [0.15, 0.2) is 0 Å². The van der Waals surface area contributed by atoms with Gasteiger partial charge < -0.3 is 10.1 Å². The molecule has 2 saturated carbocycles. The molecule has 0 amide bonds. The molecule has 1 aromatic rings. The smallest absolute Gasteiger partial charge is 0.123 e. The molecule has 1 aromatic carbocycles. The van der Waals surface area contributed by atoms with Gasteiger partial charge in [-0.1, -0.05) is 17.7 Å². The lowest BCUT2D eigenvalue weighted by Crippen LogP contribution is -2.19. The van der Waals surface area contributed by atoms with E-state index < -0.39 is 0 Å². The standard InChI is InChI=1S/C14H18ClNO/c1-17-13-4-2-3-12(15)14(13)11-7-9(11)8-16-10-5-6-10/h2-4,9-11,16H,5-8H2,1H3. The molecule has 2 atom stereocenters. The van der Waals surface area contributed by atoms with Crippen molar-refractivity contribution in [3.63, 3.8) is 0 Å². The average Bonchev–Trinajstić information content (AvgIpc) is 3.21. The van der Waals surface area contributed by atoms with E-state index in [0.29, 0.717) is 5.92 Å². The highest BCUT2D eigenvalue weighted by Gasteiger charge is 2.41. The van der Waals surface area contributed by atoms with Crippen molar-refractivity contribution in [2.45, 2.75) is 31.2 Å². The zero-order valence-corrected chi connectivity index (χ0v) is 10.8. The van der Waals surface area contributed by atoms with Crippen molar-refractivity contribution in [2.24, 2.45) is 5.92 Å². The van der Waals surface area contributed by atoms with Gasteiger partial charge in [0.2, 0.25) is 0 Å². The summed E-state index contributed by atoms with van der Waals surface area (Å²) in [4.78, 5) is 0. The number of halogens is 1. The second-order valence-corrected chi connectivity index (χ2v) is 5.55. The molecule has 0 radical (unpaired) electrons. The van der Waals surface area contributed by atoms with E-state index >= 15 is 0 Å². The second kappa shape index (κ2) is 4.51. The van der Waals surface area contributed by atoms with E-state index in [1.807, 2.05) is 18.2 Å². The quantitative estimate of drug-likeness (QED) is 0.868. The number of hydrogen-bond donors (Lipinski definition) is 1. The summed E-state index contributed by atoms with van der Waals surface area (Å²) in [6.45, 7) is 1.13. The Morgan fingerprint density at radius 2 is 2.24 bits per heavy atom. The van der Waals surface area contributed by atoms with Gasteiger partial charge in [0, 0.05) is 16.6 Å². The van der Waals surface area contributed by atoms with Crippen LogP contribution in [0.2, 0.25) is 5.02 Å². The van der Waals surface area contributed by atoms with Crippen molar-refractivity contribution in [1.29, 1.82) is 0 Å². The Morgan fingerprint density at radius 3 is 2.94 bits per heavy atom. The van der Waals surface area contributed by atoms with Crippen LogP contribution in [-0.4, -0.2) is 19.7 Å². The number of rotatable bonds is 5. The zero-order valence-electron chi connectivity index (χ0n) is 10.1. The predicted octanol–water partition coefficient (Wildman–Crippen LogP) is 3.20. The molecule has 17 heavy (non-hydrogen) atoms. The summed E-state index contributed by atoms with van der Waals surface area (Å²) in [6.07, 6.45) is 3.94. The Balaban J connectivity index is 1.68. The lowest BCUT2D eigenvalue weighted by atomic mass is 10.1. The molecule has 0 heterocycles. The monoisotopic (exact) mass is 251 g/mol. The topological polar surface area (TPSA) is 21.3 Å². The number of benzene rings is 1. The van der Waals surface area contributed by atoms with Crippen molar-refractivity contribution in [2.75, 3.05) is 13.7 Å². The van der Waals surface area contributed by atoms with E-state index in [2.05, 4.69) is 5.32 Å². The van der Waals surface area contributed by atoms with Gasteiger partial charge in [-0.2, -0.15) is 0 Å². The maximum absolute atomic E-state index is 6.28. The van der Waals surface area contributed by atoms with Crippen LogP contribution in [-0.2, 0) is 0 Å². The predicted molar refractivity (Wildman–Crippen MR) is 69.9 cm³/mol. The third-order valence-electron chi connectivity index (χ3n) is 3.77. The van der Waals surface area contributed by atoms with Gasteiger partial charge in [0.25, 0.3) is 0 Å². The highest BCUT2D eigenvalue weighted by molar-refractivity contribution is 6.31. The number of hydrogen-bond acceptors (Lipinski definition) is 2. The number of nitrogens with one attached hydrogen (secondary N) is 1. The molecule has 0 saturated heterocycles. The third-order valence-corrected chi connectivity index (χ3v) is 4.10. The normalized spacial score (nSPS) is 26.9. The fourth-order valence-electron chi connectivity index (χ4n) is 2.49. The summed E-state index contributed by atoms with van der Waals surface area (Å²) in [5.74, 6) is 2.27. The minimum absolute atomic E-state index is 0.588. The van der Waals surface area contributed by atoms with Crippen LogP contribution in [0.15, 0.2) is 18.2 Å². The SMILES string of the molecule is COc1cccc(Cl)c1C1CC1CNC1CC1. The van der Waals surface area contributed by atoms with Crippen molar-refractivity contribution in [3.05, 3.63) is 28.8 Å². The molecule has 2 unspecified atom stereocenters. The van der Waals surface area contributed by atoms with Crippen LogP contribution in [0.1, 0.15) is 30.7 Å². The Morgan fingerprint density at radius 1 is 1.41 bits per heavy atom. The van der Waals surface area contributed by atoms with Gasteiger partial charge in [0.05, 0.1) is 7.11 Å². The van der Waals surface area contributed by atoms with E-state index in [1.54, 1.807) is 7.11 Å². The summed E-state index contributed by atoms with van der Waals surface area (Å²) in [5, 5.41) is 4.44. The van der Waals surface area contributed by atoms with Crippen molar-refractivity contribution < 1.29 is 4.74 Å². The minimum Gasteiger partial charge on any atom is -0.496 e. The molecule has 0 spiro atoms. The van der Waals surface area contributed by atoms with E-state index in [4.69, 9.17) is 16.3 Å². The Kier molecular flexibility index (Phi) is 3.01. The van der Waals surface area contributed by atoms with Gasteiger partial charge in [-0.25, -0.2) is 0 Å². The highest BCUT2D eigenvalue weighted by atomic mass is 35.5. The van der Waals surface area contributed by atoms with Gasteiger partial charge in [0.1, 0.15) is 5.75 Å². The Labute approximate surface area is 107 Å². The summed E-state index contributed by atoms with van der Waals surface area (Å²) in [6, 6.07) is 6.71. The van der Waals surface area contributed by atoms with Crippen molar-refractivity contribution >= 4 is 11.6 Å². The highest BCUT2D eigenvalue weighted by Crippen LogP contribution is 2.52. The molecule has 3 rings (SSSR count). The summed E-state index contributed by atoms with van der Waals surface area (Å²) >= 11 is 6.28. The molecule has 1 N–H and O–H groups in total. The third kappa shape index (κ3) is 2.43. The first kappa shape index (κ1) is 11.4. The fraction of sp³-hybridized carbons (Fsp3) is 0.571. The van der Waals surface area contributed by atoms with Crippen LogP contribution < -0.4 is 10.1 Å². The molecular formula is C14H18ClNO. The van der Waals surface area contributed by atoms with Gasteiger partial charge in [-0.15, -0.1) is 0 Å². The zero-order chi connectivity index (χ0) is 11.8. The first-order valence-corrected chi connectivity index (χ1v) is 6.73. The molecule has 0 bridgehead atoms. The second-order valence-electron chi connectivity index (χ2n) is 5.14. The fourth-order valence-corrected chi connectivity index (χ4v) is 2.79. The summed E-state index contributed by atoms with van der Waals surface area (Å²) in [5.41, 5.74) is 1.21. The molecule has 0 aliphatic heterocycles. The molecule has 2 aliphatic carbocycles. The Bertz CT molecular complexity index is 417. The van der Waals surface area contributed by atoms with Crippen LogP contribution >= 0.6 is 11.6 Å². The number of ether oxygens (including phenoxy) is 1. The van der Waals surface area contributed by atoms with E-state index in [0.717, 1.165) is 29.3 Å². The molecule has 0 aromatic heterocycles. The lowest BCUT2D eigenvalue weighted by molar-refractivity contribution is 0.409. The largest absolute Gasteiger partial charge is 0.496 e. The van der Waals surface area contributed by atoms with Crippen LogP contribution in [0.5, 0.6) is 5.75 Å². The molecule has 92 valence electrons. The van der Waals surface area contributed by atoms with E-state index in [9.17, 15) is 0 Å². The number of methoxy groups -OCH3 is 1.